The fourth-order valence-corrected chi connectivity index (χ4v) is 4.93. The van der Waals surface area contributed by atoms with Crippen molar-refractivity contribution in [2.45, 2.75) is 44.9 Å². The lowest BCUT2D eigenvalue weighted by molar-refractivity contribution is -0.129. The molecule has 2 aliphatic rings. The van der Waals surface area contributed by atoms with Gasteiger partial charge in [-0.15, -0.1) is 0 Å². The quantitative estimate of drug-likeness (QED) is 0.874. The fourth-order valence-electron chi connectivity index (χ4n) is 4.93. The first kappa shape index (κ1) is 15.4. The maximum atomic E-state index is 12.8. The van der Waals surface area contributed by atoms with Crippen molar-refractivity contribution in [2.24, 2.45) is 11.3 Å². The number of carbonyl (C=O) groups excluding carboxylic acids is 1. The molecule has 0 amide bonds. The van der Waals surface area contributed by atoms with Crippen LogP contribution in [0.15, 0.2) is 48.5 Å². The Hall–Kier alpha value is -2.09. The largest absolute Gasteiger partial charge is 0.508 e. The molecule has 4 rings (SSSR count). The number of rotatable bonds is 2. The third kappa shape index (κ3) is 2.54. The number of hydrogen-bond acceptors (Lipinski definition) is 2. The van der Waals surface area contributed by atoms with E-state index >= 15 is 0 Å². The highest BCUT2D eigenvalue weighted by Gasteiger charge is 2.48. The van der Waals surface area contributed by atoms with E-state index in [4.69, 9.17) is 0 Å². The molecule has 2 nitrogen and oxygen atoms in total. The van der Waals surface area contributed by atoms with Crippen LogP contribution in [0.2, 0.25) is 0 Å². The van der Waals surface area contributed by atoms with E-state index in [0.29, 0.717) is 18.0 Å². The predicted octanol–water partition coefficient (Wildman–Crippen LogP) is 4.65. The first-order valence-electron chi connectivity index (χ1n) is 8.95. The molecule has 0 radical (unpaired) electrons. The summed E-state index contributed by atoms with van der Waals surface area (Å²) in [6.45, 7) is 2.36. The molecule has 1 N–H and O–H groups in total. The maximum absolute atomic E-state index is 12.8. The molecule has 0 bridgehead atoms. The third-order valence-electron chi connectivity index (χ3n) is 6.23. The van der Waals surface area contributed by atoms with Gasteiger partial charge < -0.3 is 5.11 Å². The Morgan fingerprint density at radius 3 is 2.62 bits per heavy atom. The van der Waals surface area contributed by atoms with Gasteiger partial charge in [0.1, 0.15) is 11.5 Å². The summed E-state index contributed by atoms with van der Waals surface area (Å²) in [6, 6.07) is 16.1. The lowest BCUT2D eigenvalue weighted by Crippen LogP contribution is -2.44. The summed E-state index contributed by atoms with van der Waals surface area (Å²) in [5.41, 5.74) is 3.95. The van der Waals surface area contributed by atoms with Gasteiger partial charge in [0.05, 0.1) is 0 Å². The molecule has 2 heteroatoms. The Balaban J connectivity index is 1.77. The summed E-state index contributed by atoms with van der Waals surface area (Å²) in [6.07, 6.45) is 4.62. The van der Waals surface area contributed by atoms with Gasteiger partial charge in [-0.05, 0) is 65.8 Å². The number of fused-ring (bicyclic) bond motifs is 3. The number of aryl methyl sites for hydroxylation is 1. The van der Waals surface area contributed by atoms with Crippen molar-refractivity contribution in [1.29, 1.82) is 0 Å². The first-order valence-corrected chi connectivity index (χ1v) is 8.95. The Morgan fingerprint density at radius 1 is 1.08 bits per heavy atom. The number of ketones is 1. The van der Waals surface area contributed by atoms with Gasteiger partial charge in [0, 0.05) is 12.3 Å². The van der Waals surface area contributed by atoms with Crippen LogP contribution in [0.5, 0.6) is 5.75 Å². The molecule has 0 saturated heterocycles. The molecule has 0 heterocycles. The highest BCUT2D eigenvalue weighted by molar-refractivity contribution is 5.84. The number of aromatic hydroxyl groups is 1. The van der Waals surface area contributed by atoms with Crippen LogP contribution in [-0.2, 0) is 17.6 Å². The van der Waals surface area contributed by atoms with Crippen molar-refractivity contribution in [1.82, 2.24) is 0 Å². The maximum Gasteiger partial charge on any atom is 0.136 e. The molecule has 3 unspecified atom stereocenters. The predicted molar refractivity (Wildman–Crippen MR) is 95.2 cm³/mol. The average Bonchev–Trinajstić information content (AvgIpc) is 2.59. The molecule has 2 aromatic carbocycles. The van der Waals surface area contributed by atoms with Gasteiger partial charge in [-0.25, -0.2) is 0 Å². The van der Waals surface area contributed by atoms with Gasteiger partial charge in [0.25, 0.3) is 0 Å². The SMILES string of the molecule is CC12CCC(=O)C(Cc3ccccc3)C1c1ccc(O)cc1CC2. The summed E-state index contributed by atoms with van der Waals surface area (Å²) >= 11 is 0. The number of carbonyl (C=O) groups is 1. The van der Waals surface area contributed by atoms with Crippen molar-refractivity contribution in [2.75, 3.05) is 0 Å². The molecule has 2 aliphatic carbocycles. The summed E-state index contributed by atoms with van der Waals surface area (Å²) in [5, 5.41) is 9.83. The molecule has 24 heavy (non-hydrogen) atoms. The van der Waals surface area contributed by atoms with Crippen LogP contribution < -0.4 is 0 Å². The van der Waals surface area contributed by atoms with E-state index in [-0.39, 0.29) is 17.3 Å². The fraction of sp³-hybridized carbons (Fsp3) is 0.409. The Morgan fingerprint density at radius 2 is 1.83 bits per heavy atom. The van der Waals surface area contributed by atoms with Crippen LogP contribution >= 0.6 is 0 Å². The molecule has 3 atom stereocenters. The van der Waals surface area contributed by atoms with Crippen molar-refractivity contribution in [3.63, 3.8) is 0 Å². The van der Waals surface area contributed by atoms with E-state index in [9.17, 15) is 9.90 Å². The second-order valence-electron chi connectivity index (χ2n) is 7.78. The minimum atomic E-state index is 0.0507. The third-order valence-corrected chi connectivity index (χ3v) is 6.23. The standard InChI is InChI=1S/C22H24O2/c1-22-11-9-16-14-17(23)7-8-18(16)21(22)19(20(24)10-12-22)13-15-5-3-2-4-6-15/h2-8,14,19,21,23H,9-13H2,1H3. The molecule has 0 spiro atoms. The summed E-state index contributed by atoms with van der Waals surface area (Å²) in [7, 11) is 0. The molecular formula is C22H24O2. The van der Waals surface area contributed by atoms with Gasteiger partial charge in [-0.3, -0.25) is 4.79 Å². The van der Waals surface area contributed by atoms with E-state index in [1.54, 1.807) is 6.07 Å². The number of hydrogen-bond donors (Lipinski definition) is 1. The van der Waals surface area contributed by atoms with Crippen LogP contribution in [0.4, 0.5) is 0 Å². The molecular weight excluding hydrogens is 296 g/mol. The van der Waals surface area contributed by atoms with Gasteiger partial charge >= 0.3 is 0 Å². The van der Waals surface area contributed by atoms with Gasteiger partial charge in [-0.1, -0.05) is 43.3 Å². The highest BCUT2D eigenvalue weighted by Crippen LogP contribution is 2.56. The van der Waals surface area contributed by atoms with Crippen molar-refractivity contribution < 1.29 is 9.90 Å². The van der Waals surface area contributed by atoms with E-state index < -0.39 is 0 Å². The van der Waals surface area contributed by atoms with E-state index in [2.05, 4.69) is 37.3 Å². The van der Waals surface area contributed by atoms with Crippen LogP contribution in [0.3, 0.4) is 0 Å². The second-order valence-corrected chi connectivity index (χ2v) is 7.78. The van der Waals surface area contributed by atoms with E-state index in [1.165, 1.54) is 16.7 Å². The molecule has 124 valence electrons. The van der Waals surface area contributed by atoms with Crippen LogP contribution in [0, 0.1) is 11.3 Å². The van der Waals surface area contributed by atoms with E-state index in [1.807, 2.05) is 12.1 Å². The van der Waals surface area contributed by atoms with Gasteiger partial charge in [0.2, 0.25) is 0 Å². The monoisotopic (exact) mass is 320 g/mol. The molecule has 1 saturated carbocycles. The Bertz CT molecular complexity index is 765. The summed E-state index contributed by atoms with van der Waals surface area (Å²) in [4.78, 5) is 12.8. The van der Waals surface area contributed by atoms with Crippen molar-refractivity contribution in [3.8, 4) is 5.75 Å². The van der Waals surface area contributed by atoms with Crippen molar-refractivity contribution >= 4 is 5.78 Å². The molecule has 2 aromatic rings. The molecule has 1 fully saturated rings. The topological polar surface area (TPSA) is 37.3 Å². The minimum absolute atomic E-state index is 0.0507. The number of phenolic OH excluding ortho intramolecular Hbond substituents is 1. The second kappa shape index (κ2) is 5.77. The number of Topliss-reactive ketones (excluding diaryl/α,β-unsaturated/α-hetero) is 1. The Labute approximate surface area is 143 Å². The van der Waals surface area contributed by atoms with Crippen LogP contribution in [0.1, 0.15) is 48.8 Å². The Kier molecular flexibility index (Phi) is 3.71. The highest BCUT2D eigenvalue weighted by atomic mass is 16.3. The van der Waals surface area contributed by atoms with Crippen LogP contribution in [0.25, 0.3) is 0 Å². The number of phenols is 1. The lowest BCUT2D eigenvalue weighted by atomic mass is 9.54. The molecule has 0 aromatic heterocycles. The summed E-state index contributed by atoms with van der Waals surface area (Å²) in [5.74, 6) is 1.06. The zero-order chi connectivity index (χ0) is 16.7. The van der Waals surface area contributed by atoms with Crippen LogP contribution in [-0.4, -0.2) is 10.9 Å². The molecule has 0 aliphatic heterocycles. The van der Waals surface area contributed by atoms with Gasteiger partial charge in [0.15, 0.2) is 0 Å². The summed E-state index contributed by atoms with van der Waals surface area (Å²) < 4.78 is 0. The zero-order valence-electron chi connectivity index (χ0n) is 14.2. The van der Waals surface area contributed by atoms with Gasteiger partial charge in [-0.2, -0.15) is 0 Å². The average molecular weight is 320 g/mol. The normalized spacial score (nSPS) is 29.0. The minimum Gasteiger partial charge on any atom is -0.508 e. The van der Waals surface area contributed by atoms with Crippen molar-refractivity contribution in [3.05, 3.63) is 65.2 Å². The zero-order valence-corrected chi connectivity index (χ0v) is 14.2. The first-order chi connectivity index (χ1) is 11.6. The smallest absolute Gasteiger partial charge is 0.136 e. The van der Waals surface area contributed by atoms with E-state index in [0.717, 1.165) is 25.7 Å². The lowest BCUT2D eigenvalue weighted by Gasteiger charge is -2.49. The number of benzene rings is 2.